The zero-order valence-electron chi connectivity index (χ0n) is 10.9. The Morgan fingerprint density at radius 3 is 2.89 bits per heavy atom. The molecule has 0 unspecified atom stereocenters. The molecule has 0 aliphatic carbocycles. The van der Waals surface area contributed by atoms with Crippen molar-refractivity contribution in [2.24, 2.45) is 4.99 Å². The summed E-state index contributed by atoms with van der Waals surface area (Å²) in [6, 6.07) is 2.10. The first-order chi connectivity index (χ1) is 8.36. The van der Waals surface area contributed by atoms with Gasteiger partial charge in [0.2, 0.25) is 0 Å². The van der Waals surface area contributed by atoms with Crippen molar-refractivity contribution in [3.8, 4) is 0 Å². The minimum absolute atomic E-state index is 0. The molecular weight excluding hydrogens is 361 g/mol. The molecule has 4 nitrogen and oxygen atoms in total. The highest BCUT2D eigenvalue weighted by Gasteiger charge is 1.97. The number of hydrogen-bond acceptors (Lipinski definition) is 3. The first kappa shape index (κ1) is 17.7. The van der Waals surface area contributed by atoms with Gasteiger partial charge in [-0.1, -0.05) is 0 Å². The van der Waals surface area contributed by atoms with Crippen molar-refractivity contribution in [3.63, 3.8) is 0 Å². The molecule has 0 aromatic carbocycles. The summed E-state index contributed by atoms with van der Waals surface area (Å²) in [5, 5.41) is 10.7. The minimum Gasteiger partial charge on any atom is -0.385 e. The number of methoxy groups -OCH3 is 1. The third-order valence-corrected chi connectivity index (χ3v) is 2.89. The molecule has 0 radical (unpaired) electrons. The van der Waals surface area contributed by atoms with E-state index < -0.39 is 0 Å². The second-order valence-electron chi connectivity index (χ2n) is 3.60. The average Bonchev–Trinajstić information content (AvgIpc) is 2.84. The highest BCUT2D eigenvalue weighted by Crippen LogP contribution is 2.06. The zero-order valence-corrected chi connectivity index (χ0v) is 14.1. The smallest absolute Gasteiger partial charge is 0.191 e. The summed E-state index contributed by atoms with van der Waals surface area (Å²) in [6.45, 7) is 5.32. The molecule has 1 rings (SSSR count). The SMILES string of the molecule is CCNC(=NCc1ccsc1)NCCCOC.I. The maximum absolute atomic E-state index is 5.00. The number of nitrogens with zero attached hydrogens (tertiary/aromatic N) is 1. The Balaban J connectivity index is 0.00000289. The predicted molar refractivity (Wildman–Crippen MR) is 89.0 cm³/mol. The summed E-state index contributed by atoms with van der Waals surface area (Å²) in [6.07, 6.45) is 0.985. The summed E-state index contributed by atoms with van der Waals surface area (Å²) in [5.74, 6) is 0.870. The number of rotatable bonds is 7. The van der Waals surface area contributed by atoms with Crippen molar-refractivity contribution >= 4 is 41.3 Å². The fraction of sp³-hybridized carbons (Fsp3) is 0.583. The lowest BCUT2D eigenvalue weighted by Crippen LogP contribution is -2.38. The van der Waals surface area contributed by atoms with Crippen LogP contribution in [0.1, 0.15) is 18.9 Å². The van der Waals surface area contributed by atoms with Crippen LogP contribution in [0.25, 0.3) is 0 Å². The molecule has 1 aromatic rings. The van der Waals surface area contributed by atoms with Gasteiger partial charge in [-0.2, -0.15) is 11.3 Å². The van der Waals surface area contributed by atoms with Crippen molar-refractivity contribution in [1.82, 2.24) is 10.6 Å². The number of hydrogen-bond donors (Lipinski definition) is 2. The highest BCUT2D eigenvalue weighted by molar-refractivity contribution is 14.0. The molecule has 1 aromatic heterocycles. The van der Waals surface area contributed by atoms with Crippen LogP contribution in [0.15, 0.2) is 21.8 Å². The Morgan fingerprint density at radius 1 is 1.44 bits per heavy atom. The van der Waals surface area contributed by atoms with E-state index >= 15 is 0 Å². The molecule has 0 aliphatic rings. The normalized spacial score (nSPS) is 10.9. The van der Waals surface area contributed by atoms with Gasteiger partial charge >= 0.3 is 0 Å². The van der Waals surface area contributed by atoms with Crippen LogP contribution < -0.4 is 10.6 Å². The van der Waals surface area contributed by atoms with Gasteiger partial charge in [-0.3, -0.25) is 0 Å². The first-order valence-corrected chi connectivity index (χ1v) is 6.83. The van der Waals surface area contributed by atoms with Gasteiger partial charge < -0.3 is 15.4 Å². The summed E-state index contributed by atoms with van der Waals surface area (Å²) in [5.41, 5.74) is 1.25. The molecule has 0 saturated carbocycles. The molecule has 6 heteroatoms. The van der Waals surface area contributed by atoms with E-state index in [1.54, 1.807) is 18.4 Å². The quantitative estimate of drug-likeness (QED) is 0.329. The largest absolute Gasteiger partial charge is 0.385 e. The van der Waals surface area contributed by atoms with Crippen molar-refractivity contribution in [2.45, 2.75) is 19.9 Å². The maximum atomic E-state index is 5.00. The lowest BCUT2D eigenvalue weighted by atomic mass is 10.3. The second-order valence-corrected chi connectivity index (χ2v) is 4.38. The van der Waals surface area contributed by atoms with Crippen molar-refractivity contribution in [1.29, 1.82) is 0 Å². The minimum atomic E-state index is 0. The van der Waals surface area contributed by atoms with Gasteiger partial charge in [0, 0.05) is 26.8 Å². The molecule has 0 bridgehead atoms. The number of ether oxygens (including phenoxy) is 1. The Hall–Kier alpha value is -0.340. The molecule has 0 aliphatic heterocycles. The van der Waals surface area contributed by atoms with E-state index in [1.165, 1.54) is 5.56 Å². The molecule has 0 atom stereocenters. The fourth-order valence-corrected chi connectivity index (χ4v) is 1.98. The van der Waals surface area contributed by atoms with Crippen LogP contribution in [-0.4, -0.2) is 32.8 Å². The maximum Gasteiger partial charge on any atom is 0.191 e. The number of guanidine groups is 1. The van der Waals surface area contributed by atoms with Crippen LogP contribution in [0.3, 0.4) is 0 Å². The fourth-order valence-electron chi connectivity index (χ4n) is 1.32. The average molecular weight is 383 g/mol. The van der Waals surface area contributed by atoms with Crippen LogP contribution in [0.2, 0.25) is 0 Å². The number of aliphatic imine (C=N–C) groups is 1. The number of halogens is 1. The first-order valence-electron chi connectivity index (χ1n) is 5.89. The van der Waals surface area contributed by atoms with Gasteiger partial charge in [0.25, 0.3) is 0 Å². The van der Waals surface area contributed by atoms with Crippen LogP contribution in [0.4, 0.5) is 0 Å². The van der Waals surface area contributed by atoms with E-state index in [4.69, 9.17) is 4.74 Å². The Morgan fingerprint density at radius 2 is 2.28 bits per heavy atom. The van der Waals surface area contributed by atoms with Crippen molar-refractivity contribution < 1.29 is 4.74 Å². The standard InChI is InChI=1S/C12H21N3OS.HI/c1-3-13-12(14-6-4-7-16-2)15-9-11-5-8-17-10-11;/h5,8,10H,3-4,6-7,9H2,1-2H3,(H2,13,14,15);1H. The molecule has 0 amide bonds. The van der Waals surface area contributed by atoms with Crippen LogP contribution in [0.5, 0.6) is 0 Å². The molecular formula is C12H22IN3OS. The van der Waals surface area contributed by atoms with E-state index in [1.807, 2.05) is 0 Å². The van der Waals surface area contributed by atoms with Crippen LogP contribution in [-0.2, 0) is 11.3 Å². The lowest BCUT2D eigenvalue weighted by Gasteiger charge is -2.10. The van der Waals surface area contributed by atoms with E-state index in [0.717, 1.165) is 38.6 Å². The highest BCUT2D eigenvalue weighted by atomic mass is 127. The Bertz CT molecular complexity index is 317. The molecule has 1 heterocycles. The van der Waals surface area contributed by atoms with Gasteiger partial charge in [-0.05, 0) is 35.7 Å². The molecule has 2 N–H and O–H groups in total. The molecule has 0 spiro atoms. The van der Waals surface area contributed by atoms with Gasteiger partial charge in [0.1, 0.15) is 0 Å². The summed E-state index contributed by atoms with van der Waals surface area (Å²) in [7, 11) is 1.72. The summed E-state index contributed by atoms with van der Waals surface area (Å²) >= 11 is 1.70. The third kappa shape index (κ3) is 7.88. The van der Waals surface area contributed by atoms with Gasteiger partial charge in [0.15, 0.2) is 5.96 Å². The van der Waals surface area contributed by atoms with E-state index in [9.17, 15) is 0 Å². The summed E-state index contributed by atoms with van der Waals surface area (Å²) < 4.78 is 5.00. The lowest BCUT2D eigenvalue weighted by molar-refractivity contribution is 0.195. The topological polar surface area (TPSA) is 45.7 Å². The van der Waals surface area contributed by atoms with E-state index in [2.05, 4.69) is 39.4 Å². The van der Waals surface area contributed by atoms with Crippen LogP contribution >= 0.6 is 35.3 Å². The van der Waals surface area contributed by atoms with E-state index in [0.29, 0.717) is 0 Å². The van der Waals surface area contributed by atoms with E-state index in [-0.39, 0.29) is 24.0 Å². The van der Waals surface area contributed by atoms with Crippen LogP contribution in [0, 0.1) is 0 Å². The predicted octanol–water partition coefficient (Wildman–Crippen LogP) is 2.46. The molecule has 0 fully saturated rings. The Labute approximate surface area is 130 Å². The zero-order chi connectivity index (χ0) is 12.3. The van der Waals surface area contributed by atoms with Crippen molar-refractivity contribution in [2.75, 3.05) is 26.8 Å². The van der Waals surface area contributed by atoms with Gasteiger partial charge in [0.05, 0.1) is 6.54 Å². The summed E-state index contributed by atoms with van der Waals surface area (Å²) in [4.78, 5) is 4.51. The molecule has 104 valence electrons. The van der Waals surface area contributed by atoms with Crippen molar-refractivity contribution in [3.05, 3.63) is 22.4 Å². The molecule has 18 heavy (non-hydrogen) atoms. The Kier molecular flexibility index (Phi) is 11.5. The van der Waals surface area contributed by atoms with Gasteiger partial charge in [-0.15, -0.1) is 24.0 Å². The van der Waals surface area contributed by atoms with Gasteiger partial charge in [-0.25, -0.2) is 4.99 Å². The second kappa shape index (κ2) is 11.7. The monoisotopic (exact) mass is 383 g/mol. The third-order valence-electron chi connectivity index (χ3n) is 2.16. The molecule has 0 saturated heterocycles. The number of nitrogens with one attached hydrogen (secondary N) is 2. The number of thiophene rings is 1.